The molecule has 5 nitrogen and oxygen atoms in total. The van der Waals surface area contributed by atoms with Crippen molar-refractivity contribution >= 4 is 0 Å². The first-order chi connectivity index (χ1) is 11.3. The maximum Gasteiger partial charge on any atom is 0.217 e. The molecule has 0 unspecified atom stereocenters. The summed E-state index contributed by atoms with van der Waals surface area (Å²) in [5.41, 5.74) is 0.966. The Bertz CT molecular complexity index is 638. The monoisotopic (exact) mass is 315 g/mol. The molecule has 0 N–H and O–H groups in total. The average Bonchev–Trinajstić information content (AvgIpc) is 2.60. The van der Waals surface area contributed by atoms with Crippen LogP contribution >= 0.6 is 0 Å². The molecule has 0 atom stereocenters. The van der Waals surface area contributed by atoms with Crippen LogP contribution in [0.2, 0.25) is 0 Å². The van der Waals surface area contributed by atoms with Crippen molar-refractivity contribution in [2.24, 2.45) is 4.99 Å². The van der Waals surface area contributed by atoms with Crippen LogP contribution in [-0.4, -0.2) is 29.7 Å². The van der Waals surface area contributed by atoms with Crippen molar-refractivity contribution in [1.29, 1.82) is 0 Å². The first-order valence-corrected chi connectivity index (χ1v) is 8.21. The normalized spacial score (nSPS) is 11.7. The van der Waals surface area contributed by atoms with Crippen LogP contribution < -0.4 is 10.1 Å². The summed E-state index contributed by atoms with van der Waals surface area (Å²) < 4.78 is 13.1. The maximum atomic E-state index is 5.90. The fourth-order valence-electron chi connectivity index (χ4n) is 2.00. The number of aromatic nitrogens is 2. The number of benzene rings is 1. The molecule has 0 aliphatic carbocycles. The smallest absolute Gasteiger partial charge is 0.217 e. The molecule has 1 aromatic heterocycles. The lowest BCUT2D eigenvalue weighted by Crippen LogP contribution is -2.15. The molecule has 0 radical (unpaired) electrons. The highest BCUT2D eigenvalue weighted by molar-refractivity contribution is 5.33. The Kier molecular flexibility index (Phi) is 7.33. The molecule has 2 aromatic rings. The van der Waals surface area contributed by atoms with Crippen LogP contribution in [0.25, 0.3) is 5.69 Å². The molecule has 2 rings (SSSR count). The van der Waals surface area contributed by atoms with Gasteiger partial charge < -0.3 is 9.47 Å². The standard InChI is InChI=1S/C18H25N3O2/c1-3-5-12-23-18-13-16(19-15-22-11-4-2)14-20-21(18)17-9-7-6-8-10-17/h6-10,13-14H,3-5,11-12,15H2,1-2H3. The van der Waals surface area contributed by atoms with E-state index in [9.17, 15) is 0 Å². The lowest BCUT2D eigenvalue weighted by Gasteiger charge is -2.13. The molecule has 0 amide bonds. The van der Waals surface area contributed by atoms with Gasteiger partial charge in [-0.3, -0.25) is 4.99 Å². The summed E-state index contributed by atoms with van der Waals surface area (Å²) in [6.45, 7) is 5.95. The van der Waals surface area contributed by atoms with Crippen LogP contribution in [0.3, 0.4) is 0 Å². The van der Waals surface area contributed by atoms with E-state index in [-0.39, 0.29) is 0 Å². The third-order valence-corrected chi connectivity index (χ3v) is 3.22. The first-order valence-electron chi connectivity index (χ1n) is 8.21. The van der Waals surface area contributed by atoms with E-state index in [1.165, 1.54) is 0 Å². The molecule has 0 bridgehead atoms. The zero-order valence-electron chi connectivity index (χ0n) is 13.9. The number of para-hydroxylation sites is 1. The molecule has 0 fully saturated rings. The number of nitrogens with zero attached hydrogens (tertiary/aromatic N) is 3. The zero-order valence-corrected chi connectivity index (χ0v) is 13.9. The molecule has 0 spiro atoms. The minimum atomic E-state index is 0.346. The van der Waals surface area contributed by atoms with Crippen LogP contribution in [0.4, 0.5) is 0 Å². The van der Waals surface area contributed by atoms with Crippen molar-refractivity contribution < 1.29 is 9.47 Å². The third kappa shape index (κ3) is 5.53. The van der Waals surface area contributed by atoms with Gasteiger partial charge in [-0.2, -0.15) is 5.10 Å². The van der Waals surface area contributed by atoms with Crippen LogP contribution in [0.1, 0.15) is 33.1 Å². The molecular formula is C18H25N3O2. The Balaban J connectivity index is 2.23. The van der Waals surface area contributed by atoms with E-state index in [1.54, 1.807) is 10.9 Å². The van der Waals surface area contributed by atoms with E-state index in [1.807, 2.05) is 36.4 Å². The number of hydrogen-bond acceptors (Lipinski definition) is 4. The molecule has 5 heteroatoms. The van der Waals surface area contributed by atoms with Gasteiger partial charge in [-0.25, -0.2) is 4.68 Å². The van der Waals surface area contributed by atoms with Gasteiger partial charge in [0.1, 0.15) is 6.73 Å². The lowest BCUT2D eigenvalue weighted by molar-refractivity contribution is 0.140. The molecule has 0 saturated carbocycles. The molecular weight excluding hydrogens is 290 g/mol. The van der Waals surface area contributed by atoms with E-state index < -0.39 is 0 Å². The minimum absolute atomic E-state index is 0.346. The number of ether oxygens (including phenoxy) is 2. The summed E-state index contributed by atoms with van der Waals surface area (Å²) in [6, 6.07) is 11.9. The predicted molar refractivity (Wildman–Crippen MR) is 90.6 cm³/mol. The van der Waals surface area contributed by atoms with Gasteiger partial charge in [0, 0.05) is 12.7 Å². The van der Waals surface area contributed by atoms with Gasteiger partial charge >= 0.3 is 0 Å². The van der Waals surface area contributed by atoms with Gasteiger partial charge in [-0.05, 0) is 25.0 Å². The Morgan fingerprint density at radius 3 is 2.65 bits per heavy atom. The van der Waals surface area contributed by atoms with E-state index in [4.69, 9.17) is 9.47 Å². The fourth-order valence-corrected chi connectivity index (χ4v) is 2.00. The predicted octanol–water partition coefficient (Wildman–Crippen LogP) is 3.34. The van der Waals surface area contributed by atoms with Crippen molar-refractivity contribution in [3.63, 3.8) is 0 Å². The second kappa shape index (κ2) is 9.79. The highest BCUT2D eigenvalue weighted by atomic mass is 16.5. The molecule has 1 heterocycles. The number of rotatable bonds is 9. The molecule has 0 aliphatic rings. The molecule has 124 valence electrons. The first kappa shape index (κ1) is 17.2. The Morgan fingerprint density at radius 1 is 1.09 bits per heavy atom. The molecule has 0 saturated heterocycles. The van der Waals surface area contributed by atoms with Gasteiger partial charge in [0.25, 0.3) is 0 Å². The van der Waals surface area contributed by atoms with E-state index >= 15 is 0 Å². The van der Waals surface area contributed by atoms with Crippen molar-refractivity contribution in [3.8, 4) is 11.6 Å². The summed E-state index contributed by atoms with van der Waals surface area (Å²) in [5, 5.41) is 5.23. The van der Waals surface area contributed by atoms with Gasteiger partial charge in [0.05, 0.1) is 23.8 Å². The Hall–Kier alpha value is -2.14. The second-order valence-electron chi connectivity index (χ2n) is 5.20. The quantitative estimate of drug-likeness (QED) is 0.667. The maximum absolute atomic E-state index is 5.90. The van der Waals surface area contributed by atoms with Crippen LogP contribution in [-0.2, 0) is 4.74 Å². The molecule has 1 aromatic carbocycles. The fraction of sp³-hybridized carbons (Fsp3) is 0.444. The summed E-state index contributed by atoms with van der Waals surface area (Å²) in [6.07, 6.45) is 4.82. The number of hydrogen-bond donors (Lipinski definition) is 0. The van der Waals surface area contributed by atoms with Gasteiger partial charge in [0.2, 0.25) is 5.88 Å². The van der Waals surface area contributed by atoms with Gasteiger partial charge in [-0.15, -0.1) is 0 Å². The van der Waals surface area contributed by atoms with Crippen LogP contribution in [0.15, 0.2) is 47.6 Å². The topological polar surface area (TPSA) is 48.6 Å². The van der Waals surface area contributed by atoms with Gasteiger partial charge in [0.15, 0.2) is 0 Å². The SMILES string of the molecule is CCCCOc1cc(=NCOCCC)cnn1-c1ccccc1. The zero-order chi connectivity index (χ0) is 16.3. The molecule has 0 aliphatic heterocycles. The molecule has 23 heavy (non-hydrogen) atoms. The highest BCUT2D eigenvalue weighted by Crippen LogP contribution is 2.14. The van der Waals surface area contributed by atoms with Crippen molar-refractivity contribution in [1.82, 2.24) is 9.78 Å². The summed E-state index contributed by atoms with van der Waals surface area (Å²) in [5.74, 6) is 0.696. The summed E-state index contributed by atoms with van der Waals surface area (Å²) >= 11 is 0. The van der Waals surface area contributed by atoms with E-state index in [0.29, 0.717) is 25.8 Å². The minimum Gasteiger partial charge on any atom is -0.478 e. The largest absolute Gasteiger partial charge is 0.478 e. The Labute approximate surface area is 137 Å². The summed E-state index contributed by atoms with van der Waals surface area (Å²) in [4.78, 5) is 4.39. The lowest BCUT2D eigenvalue weighted by atomic mass is 10.3. The van der Waals surface area contributed by atoms with Crippen LogP contribution in [0, 0.1) is 0 Å². The average molecular weight is 315 g/mol. The van der Waals surface area contributed by atoms with E-state index in [2.05, 4.69) is 23.9 Å². The van der Waals surface area contributed by atoms with Crippen LogP contribution in [0.5, 0.6) is 5.88 Å². The highest BCUT2D eigenvalue weighted by Gasteiger charge is 2.05. The second-order valence-corrected chi connectivity index (χ2v) is 5.20. The van der Waals surface area contributed by atoms with Crippen molar-refractivity contribution in [2.75, 3.05) is 19.9 Å². The Morgan fingerprint density at radius 2 is 1.91 bits per heavy atom. The van der Waals surface area contributed by atoms with Gasteiger partial charge in [-0.1, -0.05) is 38.5 Å². The van der Waals surface area contributed by atoms with Crippen molar-refractivity contribution in [3.05, 3.63) is 48.0 Å². The van der Waals surface area contributed by atoms with Crippen molar-refractivity contribution in [2.45, 2.75) is 33.1 Å². The number of unbranched alkanes of at least 4 members (excludes halogenated alkanes) is 1. The summed E-state index contributed by atoms with van der Waals surface area (Å²) in [7, 11) is 0. The van der Waals surface area contributed by atoms with E-state index in [0.717, 1.165) is 30.3 Å². The third-order valence-electron chi connectivity index (χ3n) is 3.22.